The van der Waals surface area contributed by atoms with Crippen molar-refractivity contribution in [1.29, 1.82) is 0 Å². The summed E-state index contributed by atoms with van der Waals surface area (Å²) >= 11 is 5.64. The minimum atomic E-state index is -0.483. The van der Waals surface area contributed by atoms with Gasteiger partial charge in [-0.1, -0.05) is 11.6 Å². The first kappa shape index (κ1) is 12.7. The van der Waals surface area contributed by atoms with E-state index in [1.807, 2.05) is 17.7 Å². The molecule has 3 N–H and O–H groups in total. The first-order chi connectivity index (χ1) is 8.56. The molecule has 0 saturated heterocycles. The first-order valence-corrected chi connectivity index (χ1v) is 5.91. The minimum Gasteiger partial charge on any atom is -0.397 e. The zero-order chi connectivity index (χ0) is 13.1. The van der Waals surface area contributed by atoms with Crippen molar-refractivity contribution in [1.82, 2.24) is 9.55 Å². The molecular formula is C12H14ClFN4. The molecule has 1 atom stereocenters. The van der Waals surface area contributed by atoms with Crippen LogP contribution in [0.2, 0.25) is 5.02 Å². The number of nitrogens with one attached hydrogen (secondary N) is 1. The summed E-state index contributed by atoms with van der Waals surface area (Å²) in [6.07, 6.45) is 5.30. The van der Waals surface area contributed by atoms with Crippen LogP contribution in [0.3, 0.4) is 0 Å². The summed E-state index contributed by atoms with van der Waals surface area (Å²) in [6.45, 7) is 2.69. The first-order valence-electron chi connectivity index (χ1n) is 5.53. The van der Waals surface area contributed by atoms with E-state index < -0.39 is 5.82 Å². The molecule has 0 aliphatic rings. The Bertz CT molecular complexity index is 527. The topological polar surface area (TPSA) is 55.9 Å². The van der Waals surface area contributed by atoms with Gasteiger partial charge in [-0.25, -0.2) is 9.37 Å². The quantitative estimate of drug-likeness (QED) is 0.839. The summed E-state index contributed by atoms with van der Waals surface area (Å²) in [7, 11) is 0. The molecule has 1 aromatic carbocycles. The summed E-state index contributed by atoms with van der Waals surface area (Å²) < 4.78 is 15.3. The van der Waals surface area contributed by atoms with Gasteiger partial charge in [0, 0.05) is 31.0 Å². The van der Waals surface area contributed by atoms with Gasteiger partial charge in [0.05, 0.1) is 22.7 Å². The summed E-state index contributed by atoms with van der Waals surface area (Å²) in [5, 5.41) is 3.17. The van der Waals surface area contributed by atoms with Crippen LogP contribution in [-0.4, -0.2) is 15.6 Å². The molecule has 1 unspecified atom stereocenters. The van der Waals surface area contributed by atoms with Gasteiger partial charge in [0.15, 0.2) is 0 Å². The highest BCUT2D eigenvalue weighted by Gasteiger charge is 2.09. The van der Waals surface area contributed by atoms with Crippen LogP contribution in [0, 0.1) is 5.82 Å². The lowest BCUT2D eigenvalue weighted by molar-refractivity contribution is 0.614. The van der Waals surface area contributed by atoms with Crippen molar-refractivity contribution in [3.63, 3.8) is 0 Å². The van der Waals surface area contributed by atoms with E-state index in [0.717, 1.165) is 0 Å². The lowest BCUT2D eigenvalue weighted by Crippen LogP contribution is -2.22. The number of nitrogen functional groups attached to an aromatic ring is 1. The molecule has 1 aromatic heterocycles. The Labute approximate surface area is 110 Å². The second kappa shape index (κ2) is 5.27. The lowest BCUT2D eigenvalue weighted by atomic mass is 10.2. The average molecular weight is 269 g/mol. The van der Waals surface area contributed by atoms with Crippen molar-refractivity contribution in [3.05, 3.63) is 41.7 Å². The molecule has 0 radical (unpaired) electrons. The van der Waals surface area contributed by atoms with Crippen LogP contribution in [0.5, 0.6) is 0 Å². The second-order valence-electron chi connectivity index (χ2n) is 4.16. The van der Waals surface area contributed by atoms with Gasteiger partial charge in [0.2, 0.25) is 0 Å². The Morgan fingerprint density at radius 2 is 2.33 bits per heavy atom. The van der Waals surface area contributed by atoms with Crippen molar-refractivity contribution < 1.29 is 4.39 Å². The molecule has 6 heteroatoms. The van der Waals surface area contributed by atoms with E-state index in [2.05, 4.69) is 10.3 Å². The number of aromatic nitrogens is 2. The Hall–Kier alpha value is -1.75. The second-order valence-corrected chi connectivity index (χ2v) is 4.57. The third kappa shape index (κ3) is 2.92. The van der Waals surface area contributed by atoms with E-state index in [0.29, 0.717) is 17.9 Å². The molecule has 2 rings (SSSR count). The van der Waals surface area contributed by atoms with Crippen LogP contribution in [0.4, 0.5) is 15.8 Å². The zero-order valence-corrected chi connectivity index (χ0v) is 10.7. The maximum Gasteiger partial charge on any atom is 0.143 e. The highest BCUT2D eigenvalue weighted by molar-refractivity contribution is 6.31. The Balaban J connectivity index is 2.07. The fourth-order valence-corrected chi connectivity index (χ4v) is 1.88. The van der Waals surface area contributed by atoms with Gasteiger partial charge in [-0.05, 0) is 13.0 Å². The Kier molecular flexibility index (Phi) is 3.72. The molecule has 0 saturated carbocycles. The molecule has 18 heavy (non-hydrogen) atoms. The maximum absolute atomic E-state index is 13.3. The molecule has 1 heterocycles. The largest absolute Gasteiger partial charge is 0.397 e. The molecule has 96 valence electrons. The summed E-state index contributed by atoms with van der Waals surface area (Å²) in [5.74, 6) is -0.483. The van der Waals surface area contributed by atoms with E-state index in [4.69, 9.17) is 17.3 Å². The number of hydrogen-bond acceptors (Lipinski definition) is 3. The molecule has 0 spiro atoms. The lowest BCUT2D eigenvalue weighted by Gasteiger charge is -2.17. The van der Waals surface area contributed by atoms with E-state index >= 15 is 0 Å². The van der Waals surface area contributed by atoms with Crippen molar-refractivity contribution in [2.75, 3.05) is 11.1 Å². The van der Waals surface area contributed by atoms with Gasteiger partial charge in [0.25, 0.3) is 0 Å². The van der Waals surface area contributed by atoms with Crippen LogP contribution >= 0.6 is 11.6 Å². The van der Waals surface area contributed by atoms with E-state index in [9.17, 15) is 4.39 Å². The van der Waals surface area contributed by atoms with Gasteiger partial charge in [0.1, 0.15) is 5.82 Å². The van der Waals surface area contributed by atoms with Gasteiger partial charge in [-0.2, -0.15) is 0 Å². The number of imidazole rings is 1. The maximum atomic E-state index is 13.3. The van der Waals surface area contributed by atoms with Gasteiger partial charge in [-0.15, -0.1) is 0 Å². The summed E-state index contributed by atoms with van der Waals surface area (Å²) in [5.41, 5.74) is 6.75. The van der Waals surface area contributed by atoms with Crippen molar-refractivity contribution >= 4 is 23.0 Å². The number of rotatable bonds is 4. The molecular weight excluding hydrogens is 255 g/mol. The van der Waals surface area contributed by atoms with E-state index in [-0.39, 0.29) is 11.1 Å². The normalized spacial score (nSPS) is 12.4. The molecule has 0 aliphatic carbocycles. The molecule has 4 nitrogen and oxygen atoms in total. The summed E-state index contributed by atoms with van der Waals surface area (Å²) in [4.78, 5) is 3.96. The van der Waals surface area contributed by atoms with Crippen LogP contribution in [0.15, 0.2) is 30.9 Å². The van der Waals surface area contributed by atoms with Crippen LogP contribution < -0.4 is 11.1 Å². The molecule has 0 bridgehead atoms. The SMILES string of the molecule is CC(Cn1ccnc1)Nc1cc(F)c(Cl)cc1N. The highest BCUT2D eigenvalue weighted by atomic mass is 35.5. The molecule has 0 aliphatic heterocycles. The van der Waals surface area contributed by atoms with Crippen molar-refractivity contribution in [2.24, 2.45) is 0 Å². The predicted octanol–water partition coefficient (Wildman–Crippen LogP) is 2.76. The van der Waals surface area contributed by atoms with Crippen LogP contribution in [0.25, 0.3) is 0 Å². The van der Waals surface area contributed by atoms with Gasteiger partial charge < -0.3 is 15.6 Å². The third-order valence-corrected chi connectivity index (χ3v) is 2.83. The fourth-order valence-electron chi connectivity index (χ4n) is 1.71. The number of nitrogens with two attached hydrogens (primary N) is 1. The minimum absolute atomic E-state index is 0.0281. The molecule has 0 fully saturated rings. The smallest absolute Gasteiger partial charge is 0.143 e. The van der Waals surface area contributed by atoms with Crippen LogP contribution in [0.1, 0.15) is 6.92 Å². The number of benzene rings is 1. The van der Waals surface area contributed by atoms with Gasteiger partial charge >= 0.3 is 0 Å². The van der Waals surface area contributed by atoms with Crippen LogP contribution in [-0.2, 0) is 6.54 Å². The monoisotopic (exact) mass is 268 g/mol. The predicted molar refractivity (Wildman–Crippen MR) is 71.1 cm³/mol. The van der Waals surface area contributed by atoms with E-state index in [1.165, 1.54) is 12.1 Å². The molecule has 0 amide bonds. The highest BCUT2D eigenvalue weighted by Crippen LogP contribution is 2.26. The standard InChI is InChI=1S/C12H14ClFN4/c1-8(6-18-3-2-16-7-18)17-12-5-10(14)9(13)4-11(12)15/h2-5,7-8,17H,6,15H2,1H3. The average Bonchev–Trinajstić information content (AvgIpc) is 2.78. The summed E-state index contributed by atoms with van der Waals surface area (Å²) in [6, 6.07) is 2.80. The number of halogens is 2. The molecule has 2 aromatic rings. The Morgan fingerprint density at radius 3 is 3.00 bits per heavy atom. The third-order valence-electron chi connectivity index (χ3n) is 2.54. The van der Waals surface area contributed by atoms with E-state index in [1.54, 1.807) is 12.5 Å². The zero-order valence-electron chi connectivity index (χ0n) is 9.90. The van der Waals surface area contributed by atoms with Gasteiger partial charge in [-0.3, -0.25) is 0 Å². The fraction of sp³-hybridized carbons (Fsp3) is 0.250. The number of anilines is 2. The van der Waals surface area contributed by atoms with Crippen molar-refractivity contribution in [2.45, 2.75) is 19.5 Å². The van der Waals surface area contributed by atoms with Crippen molar-refractivity contribution in [3.8, 4) is 0 Å². The Morgan fingerprint density at radius 1 is 1.56 bits per heavy atom. The number of hydrogen-bond donors (Lipinski definition) is 2. The number of nitrogens with zero attached hydrogens (tertiary/aromatic N) is 2.